The normalized spacial score (nSPS) is 13.2. The number of nitrogens with one attached hydrogen (secondary N) is 1. The van der Waals surface area contributed by atoms with E-state index in [1.165, 1.54) is 0 Å². The SMILES string of the molecule is CC(=O)O.N=C(N)N1C=CC=NC1. The van der Waals surface area contributed by atoms with Gasteiger partial charge in [0.05, 0.1) is 0 Å². The van der Waals surface area contributed by atoms with Gasteiger partial charge < -0.3 is 10.8 Å². The average molecular weight is 184 g/mol. The van der Waals surface area contributed by atoms with Crippen LogP contribution in [-0.2, 0) is 4.79 Å². The minimum absolute atomic E-state index is 0.0306. The number of hydrogen-bond acceptors (Lipinski definition) is 3. The Bertz CT molecular complexity index is 243. The molecule has 0 unspecified atom stereocenters. The molecule has 4 N–H and O–H groups in total. The van der Waals surface area contributed by atoms with Crippen molar-refractivity contribution in [2.24, 2.45) is 10.7 Å². The second kappa shape index (κ2) is 5.76. The molecule has 0 saturated carbocycles. The summed E-state index contributed by atoms with van der Waals surface area (Å²) in [6.07, 6.45) is 5.14. The maximum absolute atomic E-state index is 9.00. The van der Waals surface area contributed by atoms with Crippen LogP contribution in [-0.4, -0.2) is 34.8 Å². The summed E-state index contributed by atoms with van der Waals surface area (Å²) in [7, 11) is 0. The van der Waals surface area contributed by atoms with Crippen molar-refractivity contribution in [1.82, 2.24) is 4.90 Å². The lowest BCUT2D eigenvalue weighted by Gasteiger charge is -2.16. The molecule has 0 saturated heterocycles. The molecular weight excluding hydrogens is 172 g/mol. The van der Waals surface area contributed by atoms with Crippen LogP contribution in [0, 0.1) is 5.41 Å². The zero-order chi connectivity index (χ0) is 10.3. The molecule has 6 heteroatoms. The van der Waals surface area contributed by atoms with Gasteiger partial charge >= 0.3 is 0 Å². The Morgan fingerprint density at radius 2 is 2.31 bits per heavy atom. The molecule has 0 radical (unpaired) electrons. The number of allylic oxidation sites excluding steroid dienone is 1. The molecule has 0 amide bonds. The van der Waals surface area contributed by atoms with E-state index in [0.717, 1.165) is 6.92 Å². The number of carbonyl (C=O) groups is 1. The Morgan fingerprint density at radius 3 is 2.54 bits per heavy atom. The maximum atomic E-state index is 9.00. The van der Waals surface area contributed by atoms with E-state index in [1.54, 1.807) is 23.4 Å². The van der Waals surface area contributed by atoms with Crippen molar-refractivity contribution in [3.8, 4) is 0 Å². The van der Waals surface area contributed by atoms with Crippen LogP contribution < -0.4 is 5.73 Å². The molecule has 6 nitrogen and oxygen atoms in total. The third kappa shape index (κ3) is 6.54. The van der Waals surface area contributed by atoms with Gasteiger partial charge in [0.2, 0.25) is 0 Å². The second-order valence-corrected chi connectivity index (χ2v) is 2.19. The molecule has 13 heavy (non-hydrogen) atoms. The average Bonchev–Trinajstić information content (AvgIpc) is 2.05. The smallest absolute Gasteiger partial charge is 0.300 e. The van der Waals surface area contributed by atoms with Crippen molar-refractivity contribution >= 4 is 18.1 Å². The quantitative estimate of drug-likeness (QED) is 0.359. The van der Waals surface area contributed by atoms with E-state index in [2.05, 4.69) is 4.99 Å². The third-order valence-corrected chi connectivity index (χ3v) is 1.00. The van der Waals surface area contributed by atoms with Gasteiger partial charge in [-0.25, -0.2) is 0 Å². The van der Waals surface area contributed by atoms with E-state index in [0.29, 0.717) is 6.67 Å². The summed E-state index contributed by atoms with van der Waals surface area (Å²) >= 11 is 0. The van der Waals surface area contributed by atoms with Gasteiger partial charge in [-0.3, -0.25) is 20.1 Å². The van der Waals surface area contributed by atoms with Crippen molar-refractivity contribution in [3.63, 3.8) is 0 Å². The first kappa shape index (κ1) is 11.2. The number of rotatable bonds is 0. The summed E-state index contributed by atoms with van der Waals surface area (Å²) in [6.45, 7) is 1.55. The number of carboxylic acids is 1. The summed E-state index contributed by atoms with van der Waals surface area (Å²) in [4.78, 5) is 14.4. The topological polar surface area (TPSA) is 103 Å². The van der Waals surface area contributed by atoms with Crippen molar-refractivity contribution in [2.75, 3.05) is 6.67 Å². The summed E-state index contributed by atoms with van der Waals surface area (Å²) in [5, 5.41) is 14.4. The fourth-order valence-electron chi connectivity index (χ4n) is 0.542. The van der Waals surface area contributed by atoms with Crippen LogP contribution in [0.4, 0.5) is 0 Å². The number of nitrogens with two attached hydrogens (primary N) is 1. The predicted octanol–water partition coefficient (Wildman–Crippen LogP) is -0.172. The molecule has 0 aromatic heterocycles. The molecule has 1 rings (SSSR count). The molecule has 0 aliphatic carbocycles. The molecule has 0 bridgehead atoms. The van der Waals surface area contributed by atoms with Gasteiger partial charge in [-0.05, 0) is 6.08 Å². The number of nitrogens with zero attached hydrogens (tertiary/aromatic N) is 2. The van der Waals surface area contributed by atoms with Crippen LogP contribution in [0.3, 0.4) is 0 Å². The monoisotopic (exact) mass is 184 g/mol. The summed E-state index contributed by atoms with van der Waals surface area (Å²) in [5.41, 5.74) is 5.15. The van der Waals surface area contributed by atoms with Gasteiger partial charge in [0.1, 0.15) is 6.67 Å². The highest BCUT2D eigenvalue weighted by molar-refractivity contribution is 5.79. The van der Waals surface area contributed by atoms with E-state index < -0.39 is 5.97 Å². The number of carboxylic acid groups (broad SMARTS) is 1. The number of aliphatic imine (C=N–C) groups is 1. The first-order valence-corrected chi connectivity index (χ1v) is 3.51. The fourth-order valence-corrected chi connectivity index (χ4v) is 0.542. The molecule has 1 heterocycles. The molecule has 1 aliphatic heterocycles. The first-order chi connectivity index (χ1) is 6.04. The Kier molecular flexibility index (Phi) is 4.94. The maximum Gasteiger partial charge on any atom is 0.300 e. The summed E-state index contributed by atoms with van der Waals surface area (Å²) in [6, 6.07) is 0. The number of hydrogen-bond donors (Lipinski definition) is 3. The van der Waals surface area contributed by atoms with Crippen molar-refractivity contribution in [2.45, 2.75) is 6.92 Å². The molecule has 0 spiro atoms. The highest BCUT2D eigenvalue weighted by Gasteiger charge is 2.00. The van der Waals surface area contributed by atoms with Gasteiger partial charge in [-0.15, -0.1) is 0 Å². The van der Waals surface area contributed by atoms with E-state index in [9.17, 15) is 0 Å². The zero-order valence-corrected chi connectivity index (χ0v) is 7.27. The standard InChI is InChI=1S/C5H8N4.C2H4O2/c6-5(7)9-3-1-2-8-4-9;1-2(3)4/h1-3H,4H2,(H3,6,7);1H3,(H,3,4). The van der Waals surface area contributed by atoms with Gasteiger partial charge in [-0.2, -0.15) is 0 Å². The molecule has 0 atom stereocenters. The van der Waals surface area contributed by atoms with Crippen molar-refractivity contribution in [3.05, 3.63) is 12.3 Å². The molecule has 0 aromatic rings. The Morgan fingerprint density at radius 1 is 1.77 bits per heavy atom. The van der Waals surface area contributed by atoms with Crippen LogP contribution in [0.1, 0.15) is 6.92 Å². The number of aliphatic carboxylic acids is 1. The molecule has 0 fully saturated rings. The first-order valence-electron chi connectivity index (χ1n) is 3.51. The Balaban J connectivity index is 0.000000310. The minimum atomic E-state index is -0.833. The van der Waals surface area contributed by atoms with E-state index in [-0.39, 0.29) is 5.96 Å². The lowest BCUT2D eigenvalue weighted by Crippen LogP contribution is -2.33. The van der Waals surface area contributed by atoms with Gasteiger partial charge in [0.25, 0.3) is 5.97 Å². The van der Waals surface area contributed by atoms with E-state index in [4.69, 9.17) is 21.0 Å². The lowest BCUT2D eigenvalue weighted by atomic mass is 10.5. The van der Waals surface area contributed by atoms with Crippen LogP contribution in [0.25, 0.3) is 0 Å². The Labute approximate surface area is 75.9 Å². The van der Waals surface area contributed by atoms with Crippen LogP contribution >= 0.6 is 0 Å². The molecular formula is C7H12N4O2. The van der Waals surface area contributed by atoms with E-state index >= 15 is 0 Å². The van der Waals surface area contributed by atoms with Gasteiger partial charge in [0.15, 0.2) is 5.96 Å². The second-order valence-electron chi connectivity index (χ2n) is 2.19. The van der Waals surface area contributed by atoms with Crippen LogP contribution in [0.2, 0.25) is 0 Å². The molecule has 0 aromatic carbocycles. The molecule has 1 aliphatic rings. The fraction of sp³-hybridized carbons (Fsp3) is 0.286. The molecule has 72 valence electrons. The van der Waals surface area contributed by atoms with E-state index in [1.807, 2.05) is 0 Å². The van der Waals surface area contributed by atoms with Crippen LogP contribution in [0.5, 0.6) is 0 Å². The van der Waals surface area contributed by atoms with Gasteiger partial charge in [-0.1, -0.05) is 0 Å². The summed E-state index contributed by atoms with van der Waals surface area (Å²) < 4.78 is 0. The number of guanidine groups is 1. The van der Waals surface area contributed by atoms with Gasteiger partial charge in [0, 0.05) is 19.3 Å². The van der Waals surface area contributed by atoms with Crippen LogP contribution in [0.15, 0.2) is 17.3 Å². The highest BCUT2D eigenvalue weighted by atomic mass is 16.4. The third-order valence-electron chi connectivity index (χ3n) is 1.00. The predicted molar refractivity (Wildman–Crippen MR) is 49.6 cm³/mol. The van der Waals surface area contributed by atoms with Crippen molar-refractivity contribution in [1.29, 1.82) is 5.41 Å². The minimum Gasteiger partial charge on any atom is -0.481 e. The Hall–Kier alpha value is -1.85. The zero-order valence-electron chi connectivity index (χ0n) is 7.27. The van der Waals surface area contributed by atoms with Crippen molar-refractivity contribution < 1.29 is 9.90 Å². The largest absolute Gasteiger partial charge is 0.481 e. The lowest BCUT2D eigenvalue weighted by molar-refractivity contribution is -0.134. The summed E-state index contributed by atoms with van der Waals surface area (Å²) in [5.74, 6) is -0.803. The highest BCUT2D eigenvalue weighted by Crippen LogP contribution is 1.92.